The summed E-state index contributed by atoms with van der Waals surface area (Å²) in [4.78, 5) is 28.0. The van der Waals surface area contributed by atoms with Gasteiger partial charge in [-0.3, -0.25) is 4.79 Å². The van der Waals surface area contributed by atoms with Crippen molar-refractivity contribution in [2.75, 3.05) is 24.6 Å². The maximum atomic E-state index is 12.4. The number of ether oxygens (including phenoxy) is 1. The number of halogens is 1. The van der Waals surface area contributed by atoms with Gasteiger partial charge in [0.2, 0.25) is 5.91 Å². The molecule has 0 fully saturated rings. The first-order chi connectivity index (χ1) is 19.0. The number of carbonyl (C=O) groups excluding carboxylic acids is 1. The van der Waals surface area contributed by atoms with E-state index in [9.17, 15) is 4.79 Å². The van der Waals surface area contributed by atoms with Crippen molar-refractivity contribution in [1.82, 2.24) is 34.9 Å². The third-order valence-electron chi connectivity index (χ3n) is 6.78. The molecule has 12 nitrogen and oxygen atoms in total. The fraction of sp³-hybridized carbons (Fsp3) is 0.519. The number of amides is 1. The molecule has 0 atom stereocenters. The first-order valence-electron chi connectivity index (χ1n) is 13.4. The number of nitrogen functional groups attached to an aromatic ring is 2. The number of benzene rings is 1. The first kappa shape index (κ1) is 29.5. The highest BCUT2D eigenvalue weighted by Gasteiger charge is 2.23. The van der Waals surface area contributed by atoms with Crippen LogP contribution in [0.3, 0.4) is 0 Å². The first-order valence-corrected chi connectivity index (χ1v) is 13.8. The lowest BCUT2D eigenvalue weighted by Crippen LogP contribution is -2.36. The van der Waals surface area contributed by atoms with Gasteiger partial charge in [-0.2, -0.15) is 10.1 Å². The summed E-state index contributed by atoms with van der Waals surface area (Å²) in [5, 5.41) is 8.48. The van der Waals surface area contributed by atoms with Crippen LogP contribution in [0.1, 0.15) is 59.8 Å². The molecule has 216 valence electrons. The zero-order chi connectivity index (χ0) is 28.9. The maximum Gasteiger partial charge on any atom is 0.292 e. The Kier molecular flexibility index (Phi) is 9.12. The van der Waals surface area contributed by atoms with Crippen molar-refractivity contribution in [1.29, 1.82) is 0 Å². The van der Waals surface area contributed by atoms with Crippen molar-refractivity contribution in [3.05, 3.63) is 24.5 Å². The Morgan fingerprint density at radius 2 is 1.95 bits per heavy atom. The number of unbranched alkanes of at least 4 members (excludes halogenated alkanes) is 1. The number of hydrogen-bond acceptors (Lipinski definition) is 10. The minimum absolute atomic E-state index is 0.00987. The summed E-state index contributed by atoms with van der Waals surface area (Å²) in [5.41, 5.74) is 14.7. The Bertz CT molecular complexity index is 1460. The van der Waals surface area contributed by atoms with Crippen LogP contribution in [0.25, 0.3) is 33.4 Å². The highest BCUT2D eigenvalue weighted by Crippen LogP contribution is 2.32. The second-order valence-corrected chi connectivity index (χ2v) is 11.3. The Hall–Kier alpha value is -3.48. The molecule has 13 heteroatoms. The van der Waals surface area contributed by atoms with Crippen LogP contribution in [-0.4, -0.2) is 54.9 Å². The number of nitrogens with two attached hydrogens (primary N) is 2. The SMILES string of the molecule is CC(C)(CCOC(C)(C)CCC(=O)NCCCCn1nc(-c2ccc3oc(N)nc3c2)c2c(N)ncnc21)NCl. The van der Waals surface area contributed by atoms with E-state index in [0.717, 1.165) is 24.8 Å². The third kappa shape index (κ3) is 7.38. The summed E-state index contributed by atoms with van der Waals surface area (Å²) in [6.07, 6.45) is 4.80. The molecule has 0 spiro atoms. The molecular weight excluding hydrogens is 534 g/mol. The standard InChI is InChI=1S/C27H38ClN9O3/c1-26(2,36-28)11-14-39-27(3,4)10-9-20(38)31-12-5-6-13-37-24-21(23(29)32-16-33-24)22(35-37)17-7-8-19-18(15-17)34-25(30)40-19/h7-8,15-16,36H,5-6,9-14H2,1-4H3,(H2,30,34)(H,31,38)(H2,29,32,33). The molecule has 3 heterocycles. The lowest BCUT2D eigenvalue weighted by Gasteiger charge is -2.28. The fourth-order valence-electron chi connectivity index (χ4n) is 4.30. The van der Waals surface area contributed by atoms with Crippen LogP contribution in [0.4, 0.5) is 11.8 Å². The van der Waals surface area contributed by atoms with Crippen molar-refractivity contribution < 1.29 is 13.9 Å². The minimum Gasteiger partial charge on any atom is -0.424 e. The molecule has 6 N–H and O–H groups in total. The number of anilines is 2. The number of nitrogens with zero attached hydrogens (tertiary/aromatic N) is 5. The number of aryl methyl sites for hydroxylation is 1. The van der Waals surface area contributed by atoms with Gasteiger partial charge >= 0.3 is 0 Å². The Morgan fingerprint density at radius 1 is 1.15 bits per heavy atom. The van der Waals surface area contributed by atoms with Crippen LogP contribution < -0.4 is 21.6 Å². The van der Waals surface area contributed by atoms with Gasteiger partial charge in [-0.1, -0.05) is 0 Å². The fourth-order valence-corrected chi connectivity index (χ4v) is 4.39. The quantitative estimate of drug-likeness (QED) is 0.127. The van der Waals surface area contributed by atoms with Crippen molar-refractivity contribution in [2.45, 2.75) is 77.5 Å². The highest BCUT2D eigenvalue weighted by molar-refractivity contribution is 6.13. The van der Waals surface area contributed by atoms with Gasteiger partial charge in [0.1, 0.15) is 23.4 Å². The van der Waals surface area contributed by atoms with Crippen LogP contribution >= 0.6 is 11.8 Å². The zero-order valence-electron chi connectivity index (χ0n) is 23.5. The number of fused-ring (bicyclic) bond motifs is 2. The van der Waals surface area contributed by atoms with E-state index in [2.05, 4.69) is 25.1 Å². The average molecular weight is 572 g/mol. The Labute approximate surface area is 238 Å². The van der Waals surface area contributed by atoms with Crippen LogP contribution in [0.2, 0.25) is 0 Å². The van der Waals surface area contributed by atoms with Gasteiger partial charge in [0.05, 0.1) is 11.0 Å². The molecule has 0 bridgehead atoms. The van der Waals surface area contributed by atoms with Crippen LogP contribution in [0.5, 0.6) is 0 Å². The number of carbonyl (C=O) groups is 1. The van der Waals surface area contributed by atoms with Gasteiger partial charge < -0.3 is 25.9 Å². The van der Waals surface area contributed by atoms with Crippen molar-refractivity contribution in [2.24, 2.45) is 0 Å². The largest absolute Gasteiger partial charge is 0.424 e. The molecule has 0 saturated heterocycles. The third-order valence-corrected chi connectivity index (χ3v) is 7.30. The highest BCUT2D eigenvalue weighted by atomic mass is 35.5. The van der Waals surface area contributed by atoms with E-state index in [0.29, 0.717) is 66.2 Å². The van der Waals surface area contributed by atoms with E-state index in [1.54, 1.807) is 6.07 Å². The molecular formula is C27H38ClN9O3. The summed E-state index contributed by atoms with van der Waals surface area (Å²) >= 11 is 5.75. The Balaban J connectivity index is 1.28. The predicted molar refractivity (Wildman–Crippen MR) is 156 cm³/mol. The van der Waals surface area contributed by atoms with Crippen LogP contribution in [-0.2, 0) is 16.1 Å². The summed E-state index contributed by atoms with van der Waals surface area (Å²) < 4.78 is 13.2. The zero-order valence-corrected chi connectivity index (χ0v) is 24.2. The molecule has 0 saturated carbocycles. The van der Waals surface area contributed by atoms with Gasteiger partial charge in [0, 0.05) is 37.2 Å². The van der Waals surface area contributed by atoms with Crippen molar-refractivity contribution >= 4 is 51.6 Å². The molecule has 1 amide bonds. The topological polar surface area (TPSA) is 172 Å². The van der Waals surface area contributed by atoms with Gasteiger partial charge in [-0.05, 0) is 83.4 Å². The van der Waals surface area contributed by atoms with E-state index in [1.807, 2.05) is 44.5 Å². The lowest BCUT2D eigenvalue weighted by molar-refractivity contribution is -0.123. The normalized spacial score (nSPS) is 12.4. The van der Waals surface area contributed by atoms with E-state index >= 15 is 0 Å². The van der Waals surface area contributed by atoms with E-state index < -0.39 is 5.60 Å². The molecule has 0 aliphatic rings. The van der Waals surface area contributed by atoms with E-state index in [1.165, 1.54) is 6.33 Å². The molecule has 3 aromatic heterocycles. The summed E-state index contributed by atoms with van der Waals surface area (Å²) in [6, 6.07) is 5.64. The van der Waals surface area contributed by atoms with Gasteiger partial charge in [0.25, 0.3) is 6.01 Å². The van der Waals surface area contributed by atoms with Crippen LogP contribution in [0.15, 0.2) is 28.9 Å². The van der Waals surface area contributed by atoms with Crippen LogP contribution in [0, 0.1) is 0 Å². The molecule has 4 rings (SSSR count). The van der Waals surface area contributed by atoms with E-state index in [4.69, 9.17) is 37.5 Å². The number of aromatic nitrogens is 5. The maximum absolute atomic E-state index is 12.4. The number of nitrogens with one attached hydrogen (secondary N) is 2. The van der Waals surface area contributed by atoms with Gasteiger partial charge in [0.15, 0.2) is 11.2 Å². The van der Waals surface area contributed by atoms with Crippen molar-refractivity contribution in [3.63, 3.8) is 0 Å². The lowest BCUT2D eigenvalue weighted by atomic mass is 10.0. The molecule has 1 aromatic carbocycles. The molecule has 40 heavy (non-hydrogen) atoms. The smallest absolute Gasteiger partial charge is 0.292 e. The monoisotopic (exact) mass is 571 g/mol. The predicted octanol–water partition coefficient (Wildman–Crippen LogP) is 4.18. The molecule has 0 radical (unpaired) electrons. The average Bonchev–Trinajstić information content (AvgIpc) is 3.47. The summed E-state index contributed by atoms with van der Waals surface area (Å²) in [6.45, 7) is 9.76. The second-order valence-electron chi connectivity index (χ2n) is 11.2. The molecule has 0 aliphatic heterocycles. The van der Waals surface area contributed by atoms with E-state index in [-0.39, 0.29) is 17.5 Å². The second kappa shape index (κ2) is 12.4. The van der Waals surface area contributed by atoms with Gasteiger partial charge in [-0.15, -0.1) is 0 Å². The molecule has 0 unspecified atom stereocenters. The number of oxazole rings is 1. The number of hydrogen-bond donors (Lipinski definition) is 4. The number of rotatable bonds is 14. The minimum atomic E-state index is -0.396. The summed E-state index contributed by atoms with van der Waals surface area (Å²) in [5.74, 6) is 0.361. The Morgan fingerprint density at radius 3 is 2.73 bits per heavy atom. The van der Waals surface area contributed by atoms with Gasteiger partial charge in [-0.25, -0.2) is 19.5 Å². The van der Waals surface area contributed by atoms with Crippen molar-refractivity contribution in [3.8, 4) is 11.3 Å². The molecule has 0 aliphatic carbocycles. The summed E-state index contributed by atoms with van der Waals surface area (Å²) in [7, 11) is 0. The molecule has 4 aromatic rings.